The predicted octanol–water partition coefficient (Wildman–Crippen LogP) is 3.24. The number of ether oxygens (including phenoxy) is 1. The zero-order valence-corrected chi connectivity index (χ0v) is 22.1. The van der Waals surface area contributed by atoms with Crippen LogP contribution in [0.1, 0.15) is 53.1 Å². The zero-order valence-electron chi connectivity index (χ0n) is 22.1. The van der Waals surface area contributed by atoms with Crippen LogP contribution in [0.4, 0.5) is 14.0 Å². The van der Waals surface area contributed by atoms with Crippen molar-refractivity contribution >= 4 is 18.0 Å². The Hall–Kier alpha value is -3.14. The van der Waals surface area contributed by atoms with Gasteiger partial charge in [-0.05, 0) is 59.2 Å². The van der Waals surface area contributed by atoms with Crippen molar-refractivity contribution in [2.75, 3.05) is 39.3 Å². The molecule has 1 aromatic carbocycles. The molecule has 0 unspecified atom stereocenters. The van der Waals surface area contributed by atoms with E-state index in [1.54, 1.807) is 19.1 Å². The molecule has 1 fully saturated rings. The molecule has 36 heavy (non-hydrogen) atoms. The van der Waals surface area contributed by atoms with Crippen molar-refractivity contribution in [3.05, 3.63) is 46.9 Å². The van der Waals surface area contributed by atoms with Crippen LogP contribution in [-0.4, -0.2) is 83.6 Å². The van der Waals surface area contributed by atoms with Gasteiger partial charge < -0.3 is 20.3 Å². The number of urea groups is 2. The van der Waals surface area contributed by atoms with Gasteiger partial charge in [0, 0.05) is 50.0 Å². The zero-order chi connectivity index (χ0) is 26.6. The van der Waals surface area contributed by atoms with Gasteiger partial charge in [0.1, 0.15) is 5.82 Å². The van der Waals surface area contributed by atoms with E-state index in [1.165, 1.54) is 17.0 Å². The van der Waals surface area contributed by atoms with Gasteiger partial charge in [0.2, 0.25) is 0 Å². The molecule has 198 valence electrons. The molecule has 4 amide bonds. The molecule has 2 atom stereocenters. The summed E-state index contributed by atoms with van der Waals surface area (Å²) in [5.74, 6) is -1.00. The van der Waals surface area contributed by atoms with Gasteiger partial charge in [0.15, 0.2) is 0 Å². The maximum atomic E-state index is 14.1. The third-order valence-electron chi connectivity index (χ3n) is 6.26. The minimum absolute atomic E-state index is 0.0701. The maximum Gasteiger partial charge on any atom is 0.338 e. The lowest BCUT2D eigenvalue weighted by atomic mass is 9.94. The second-order valence-corrected chi connectivity index (χ2v) is 10.2. The lowest BCUT2D eigenvalue weighted by Crippen LogP contribution is -2.59. The Morgan fingerprint density at radius 1 is 1.22 bits per heavy atom. The number of hydrogen-bond donors (Lipinski definition) is 2. The van der Waals surface area contributed by atoms with Crippen molar-refractivity contribution in [3.63, 3.8) is 0 Å². The molecule has 0 bridgehead atoms. The third-order valence-corrected chi connectivity index (χ3v) is 6.26. The molecule has 2 aliphatic rings. The summed E-state index contributed by atoms with van der Waals surface area (Å²) >= 11 is 0. The van der Waals surface area contributed by atoms with Crippen LogP contribution < -0.4 is 10.6 Å². The highest BCUT2D eigenvalue weighted by Gasteiger charge is 2.39. The topological polar surface area (TPSA) is 94.2 Å². The maximum absolute atomic E-state index is 14.1. The molecule has 0 aliphatic carbocycles. The quantitative estimate of drug-likeness (QED) is 0.582. The number of benzene rings is 1. The van der Waals surface area contributed by atoms with Crippen molar-refractivity contribution in [1.82, 2.24) is 25.3 Å². The SMILES string of the molecule is CCOC(=O)C1=C(CN2CCN(C(=O)NC(C)(C)C)[C@@H](C)C2)N(CC)C(=O)N[C@@H]1c1cccc(F)c1. The normalized spacial score (nSPS) is 21.4. The van der Waals surface area contributed by atoms with Crippen LogP contribution >= 0.6 is 0 Å². The van der Waals surface area contributed by atoms with E-state index >= 15 is 0 Å². The fraction of sp³-hybridized carbons (Fsp3) is 0.577. The molecule has 2 N–H and O–H groups in total. The largest absolute Gasteiger partial charge is 0.463 e. The number of esters is 1. The second kappa shape index (κ2) is 11.3. The van der Waals surface area contributed by atoms with E-state index in [0.717, 1.165) is 0 Å². The molecule has 0 saturated carbocycles. The number of likely N-dealkylation sites (N-methyl/N-ethyl adjacent to an activating group) is 1. The van der Waals surface area contributed by atoms with E-state index in [9.17, 15) is 18.8 Å². The van der Waals surface area contributed by atoms with E-state index in [2.05, 4.69) is 15.5 Å². The summed E-state index contributed by atoms with van der Waals surface area (Å²) < 4.78 is 19.4. The fourth-order valence-electron chi connectivity index (χ4n) is 4.68. The van der Waals surface area contributed by atoms with Gasteiger partial charge in [-0.3, -0.25) is 9.80 Å². The molecule has 10 heteroatoms. The summed E-state index contributed by atoms with van der Waals surface area (Å²) in [6.45, 7) is 13.9. The molecule has 0 aromatic heterocycles. The average molecular weight is 504 g/mol. The highest BCUT2D eigenvalue weighted by molar-refractivity contribution is 5.95. The van der Waals surface area contributed by atoms with Crippen molar-refractivity contribution < 1.29 is 23.5 Å². The number of carbonyl (C=O) groups is 3. The Morgan fingerprint density at radius 3 is 2.53 bits per heavy atom. The number of nitrogens with zero attached hydrogens (tertiary/aromatic N) is 3. The van der Waals surface area contributed by atoms with E-state index in [0.29, 0.717) is 49.6 Å². The highest BCUT2D eigenvalue weighted by atomic mass is 19.1. The van der Waals surface area contributed by atoms with Gasteiger partial charge in [0.25, 0.3) is 0 Å². The number of nitrogens with one attached hydrogen (secondary N) is 2. The van der Waals surface area contributed by atoms with Crippen LogP contribution in [0.3, 0.4) is 0 Å². The molecule has 0 radical (unpaired) electrons. The first-order valence-electron chi connectivity index (χ1n) is 12.5. The molecular formula is C26H38FN5O4. The first kappa shape index (κ1) is 27.4. The van der Waals surface area contributed by atoms with Crippen LogP contribution in [0.2, 0.25) is 0 Å². The monoisotopic (exact) mass is 503 g/mol. The molecule has 2 heterocycles. The van der Waals surface area contributed by atoms with Gasteiger partial charge in [0.05, 0.1) is 18.2 Å². The number of rotatable bonds is 6. The molecular weight excluding hydrogens is 465 g/mol. The molecule has 3 rings (SSSR count). The van der Waals surface area contributed by atoms with Crippen LogP contribution in [-0.2, 0) is 9.53 Å². The second-order valence-electron chi connectivity index (χ2n) is 10.2. The number of hydrogen-bond acceptors (Lipinski definition) is 5. The molecule has 1 saturated heterocycles. The van der Waals surface area contributed by atoms with Crippen LogP contribution in [0.15, 0.2) is 35.5 Å². The highest BCUT2D eigenvalue weighted by Crippen LogP contribution is 2.32. The lowest BCUT2D eigenvalue weighted by molar-refractivity contribution is -0.139. The van der Waals surface area contributed by atoms with Gasteiger partial charge in [-0.1, -0.05) is 12.1 Å². The smallest absolute Gasteiger partial charge is 0.338 e. The average Bonchev–Trinajstić information content (AvgIpc) is 2.78. The molecule has 9 nitrogen and oxygen atoms in total. The number of amides is 4. The molecule has 1 aromatic rings. The summed E-state index contributed by atoms with van der Waals surface area (Å²) in [6.07, 6.45) is 0. The predicted molar refractivity (Wildman–Crippen MR) is 135 cm³/mol. The summed E-state index contributed by atoms with van der Waals surface area (Å²) in [6, 6.07) is 4.50. The van der Waals surface area contributed by atoms with E-state index in [1.807, 2.05) is 39.5 Å². The fourth-order valence-corrected chi connectivity index (χ4v) is 4.68. The summed E-state index contributed by atoms with van der Waals surface area (Å²) in [7, 11) is 0. The Labute approximate surface area is 212 Å². The standard InChI is InChI=1S/C26H38FN5O4/c1-7-31-20(16-30-12-13-32(17(3)15-30)25(35)29-26(4,5)6)21(23(33)36-8-2)22(28-24(31)34)18-10-9-11-19(27)14-18/h9-11,14,17,22H,7-8,12-13,15-16H2,1-6H3,(H,28,34)(H,29,35)/t17-,22+/m0/s1. The van der Waals surface area contributed by atoms with Crippen LogP contribution in [0.5, 0.6) is 0 Å². The first-order valence-corrected chi connectivity index (χ1v) is 12.5. The Balaban J connectivity index is 1.93. The number of carbonyl (C=O) groups excluding carboxylic acids is 3. The number of halogens is 1. The summed E-state index contributed by atoms with van der Waals surface area (Å²) in [5.41, 5.74) is 0.964. The van der Waals surface area contributed by atoms with Gasteiger partial charge >= 0.3 is 18.0 Å². The first-order chi connectivity index (χ1) is 16.9. The third kappa shape index (κ3) is 6.34. The van der Waals surface area contributed by atoms with E-state index in [4.69, 9.17) is 4.74 Å². The number of piperazine rings is 1. The molecule has 0 spiro atoms. The molecule has 2 aliphatic heterocycles. The Kier molecular flexibility index (Phi) is 8.60. The minimum Gasteiger partial charge on any atom is -0.463 e. The van der Waals surface area contributed by atoms with Gasteiger partial charge in [-0.15, -0.1) is 0 Å². The van der Waals surface area contributed by atoms with Crippen LogP contribution in [0.25, 0.3) is 0 Å². The van der Waals surface area contributed by atoms with E-state index < -0.39 is 17.8 Å². The summed E-state index contributed by atoms with van der Waals surface area (Å²) in [5, 5.41) is 5.86. The van der Waals surface area contributed by atoms with Crippen molar-refractivity contribution in [2.45, 2.75) is 59.2 Å². The summed E-state index contributed by atoms with van der Waals surface area (Å²) in [4.78, 5) is 44.5. The minimum atomic E-state index is -0.832. The van der Waals surface area contributed by atoms with E-state index in [-0.39, 0.29) is 30.2 Å². The Bertz CT molecular complexity index is 1020. The Morgan fingerprint density at radius 2 is 1.94 bits per heavy atom. The van der Waals surface area contributed by atoms with Crippen molar-refractivity contribution in [3.8, 4) is 0 Å². The van der Waals surface area contributed by atoms with Gasteiger partial charge in [-0.2, -0.15) is 0 Å². The van der Waals surface area contributed by atoms with Crippen LogP contribution in [0, 0.1) is 5.82 Å². The van der Waals surface area contributed by atoms with Gasteiger partial charge in [-0.25, -0.2) is 18.8 Å². The lowest BCUT2D eigenvalue weighted by Gasteiger charge is -2.43. The van der Waals surface area contributed by atoms with Crippen molar-refractivity contribution in [2.24, 2.45) is 0 Å². The van der Waals surface area contributed by atoms with Crippen molar-refractivity contribution in [1.29, 1.82) is 0 Å².